The third kappa shape index (κ3) is 3.96. The van der Waals surface area contributed by atoms with Crippen LogP contribution in [0.25, 0.3) is 22.0 Å². The maximum Gasteiger partial charge on any atom is 0.188 e. The highest BCUT2D eigenvalue weighted by atomic mass is 32.1. The third-order valence-electron chi connectivity index (χ3n) is 5.31. The number of nitrogens with zero attached hydrogens (tertiary/aromatic N) is 1. The zero-order valence-corrected chi connectivity index (χ0v) is 18.0. The molecule has 0 aliphatic heterocycles. The van der Waals surface area contributed by atoms with E-state index in [0.29, 0.717) is 0 Å². The Morgan fingerprint density at radius 1 is 0.774 bits per heavy atom. The van der Waals surface area contributed by atoms with Crippen molar-refractivity contribution < 1.29 is 4.74 Å². The summed E-state index contributed by atoms with van der Waals surface area (Å²) in [5.41, 5.74) is 4.19. The van der Waals surface area contributed by atoms with E-state index in [1.807, 2.05) is 48.5 Å². The number of para-hydroxylation sites is 1. The Morgan fingerprint density at radius 2 is 1.45 bits per heavy atom. The minimum atomic E-state index is -0.217. The number of rotatable bonds is 6. The zero-order valence-electron chi connectivity index (χ0n) is 17.2. The van der Waals surface area contributed by atoms with Gasteiger partial charge in [-0.1, -0.05) is 102 Å². The van der Waals surface area contributed by atoms with E-state index in [9.17, 15) is 0 Å². The molecule has 0 saturated carbocycles. The van der Waals surface area contributed by atoms with E-state index in [1.54, 1.807) is 18.4 Å². The van der Waals surface area contributed by atoms with E-state index in [1.165, 1.54) is 10.8 Å². The minimum Gasteiger partial charge on any atom is -0.371 e. The second kappa shape index (κ2) is 8.72. The van der Waals surface area contributed by atoms with Crippen LogP contribution in [0.2, 0.25) is 0 Å². The van der Waals surface area contributed by atoms with Gasteiger partial charge in [0.05, 0.1) is 10.6 Å². The van der Waals surface area contributed by atoms with Crippen LogP contribution in [0.3, 0.4) is 0 Å². The first kappa shape index (κ1) is 19.5. The number of fused-ring (bicyclic) bond motifs is 1. The first-order chi connectivity index (χ1) is 15.3. The molecule has 1 aromatic heterocycles. The molecule has 1 N–H and O–H groups in total. The Bertz CT molecular complexity index is 1290. The van der Waals surface area contributed by atoms with Gasteiger partial charge in [-0.3, -0.25) is 0 Å². The van der Waals surface area contributed by atoms with Crippen LogP contribution in [0.15, 0.2) is 103 Å². The number of anilines is 2. The first-order valence-electron chi connectivity index (χ1n) is 10.2. The SMILES string of the molecule is COC(c1sc(Nc2ccccc2)nc1-c1ccccc1)c1cccc2ccccc12. The summed E-state index contributed by atoms with van der Waals surface area (Å²) in [6, 6.07) is 35.3. The van der Waals surface area contributed by atoms with E-state index in [4.69, 9.17) is 9.72 Å². The summed E-state index contributed by atoms with van der Waals surface area (Å²) in [4.78, 5) is 6.06. The molecule has 0 radical (unpaired) electrons. The van der Waals surface area contributed by atoms with Gasteiger partial charge in [-0.15, -0.1) is 0 Å². The smallest absolute Gasteiger partial charge is 0.188 e. The van der Waals surface area contributed by atoms with Gasteiger partial charge in [0.15, 0.2) is 5.13 Å². The van der Waals surface area contributed by atoms with E-state index < -0.39 is 0 Å². The van der Waals surface area contributed by atoms with Crippen LogP contribution in [-0.4, -0.2) is 12.1 Å². The molecule has 0 spiro atoms. The lowest BCUT2D eigenvalue weighted by Crippen LogP contribution is -2.04. The molecule has 1 atom stereocenters. The highest BCUT2D eigenvalue weighted by molar-refractivity contribution is 7.16. The van der Waals surface area contributed by atoms with Crippen LogP contribution < -0.4 is 5.32 Å². The monoisotopic (exact) mass is 422 g/mol. The minimum absolute atomic E-state index is 0.217. The summed E-state index contributed by atoms with van der Waals surface area (Å²) in [6.07, 6.45) is -0.217. The van der Waals surface area contributed by atoms with Crippen LogP contribution in [-0.2, 0) is 4.74 Å². The zero-order chi connectivity index (χ0) is 21.0. The van der Waals surface area contributed by atoms with Crippen LogP contribution in [0.5, 0.6) is 0 Å². The number of nitrogens with one attached hydrogen (secondary N) is 1. The van der Waals surface area contributed by atoms with Gasteiger partial charge in [-0.25, -0.2) is 4.98 Å². The topological polar surface area (TPSA) is 34.1 Å². The van der Waals surface area contributed by atoms with Gasteiger partial charge in [-0.2, -0.15) is 0 Å². The molecule has 1 unspecified atom stereocenters. The number of benzene rings is 4. The molecule has 0 bridgehead atoms. The highest BCUT2D eigenvalue weighted by Crippen LogP contribution is 2.42. The van der Waals surface area contributed by atoms with Gasteiger partial charge in [0.1, 0.15) is 6.10 Å². The molecule has 1 heterocycles. The first-order valence-corrected chi connectivity index (χ1v) is 11.0. The number of methoxy groups -OCH3 is 1. The number of aromatic nitrogens is 1. The normalized spacial score (nSPS) is 12.0. The van der Waals surface area contributed by atoms with E-state index in [-0.39, 0.29) is 6.10 Å². The number of hydrogen-bond donors (Lipinski definition) is 1. The van der Waals surface area contributed by atoms with E-state index in [0.717, 1.165) is 32.5 Å². The molecule has 0 fully saturated rings. The van der Waals surface area contributed by atoms with E-state index >= 15 is 0 Å². The van der Waals surface area contributed by atoms with Crippen LogP contribution in [0, 0.1) is 0 Å². The molecule has 31 heavy (non-hydrogen) atoms. The molecule has 4 aromatic carbocycles. The lowest BCUT2D eigenvalue weighted by molar-refractivity contribution is 0.140. The third-order valence-corrected chi connectivity index (χ3v) is 6.32. The second-order valence-corrected chi connectivity index (χ2v) is 8.30. The number of thiazole rings is 1. The van der Waals surface area contributed by atoms with Gasteiger partial charge in [0.25, 0.3) is 0 Å². The molecule has 152 valence electrons. The molecule has 5 aromatic rings. The lowest BCUT2D eigenvalue weighted by atomic mass is 9.97. The molecule has 0 aliphatic rings. The van der Waals surface area contributed by atoms with Gasteiger partial charge >= 0.3 is 0 Å². The Balaban J connectivity index is 1.65. The fraction of sp³-hybridized carbons (Fsp3) is 0.0741. The molecular weight excluding hydrogens is 400 g/mol. The fourth-order valence-electron chi connectivity index (χ4n) is 3.87. The van der Waals surface area contributed by atoms with Crippen LogP contribution >= 0.6 is 11.3 Å². The highest BCUT2D eigenvalue weighted by Gasteiger charge is 2.24. The Morgan fingerprint density at radius 3 is 2.23 bits per heavy atom. The van der Waals surface area contributed by atoms with Crippen molar-refractivity contribution in [3.8, 4) is 11.3 Å². The standard InChI is InChI=1S/C27H22N2OS/c1-30-25(23-18-10-14-19-11-8-9-17-22(19)23)26-24(20-12-4-2-5-13-20)29-27(31-26)28-21-15-6-3-7-16-21/h2-18,25H,1H3,(H,28,29). The Labute approximate surface area is 186 Å². The summed E-state index contributed by atoms with van der Waals surface area (Å²) in [5.74, 6) is 0. The molecule has 3 nitrogen and oxygen atoms in total. The lowest BCUT2D eigenvalue weighted by Gasteiger charge is -2.18. The molecule has 0 saturated heterocycles. The van der Waals surface area contributed by atoms with Crippen LogP contribution in [0.1, 0.15) is 16.5 Å². The van der Waals surface area contributed by atoms with Gasteiger partial charge in [0.2, 0.25) is 0 Å². The van der Waals surface area contributed by atoms with Crippen molar-refractivity contribution in [2.24, 2.45) is 0 Å². The molecule has 0 amide bonds. The largest absolute Gasteiger partial charge is 0.371 e. The van der Waals surface area contributed by atoms with Crippen molar-refractivity contribution in [2.45, 2.75) is 6.10 Å². The van der Waals surface area contributed by atoms with Crippen molar-refractivity contribution in [3.63, 3.8) is 0 Å². The van der Waals surface area contributed by atoms with Crippen molar-refractivity contribution >= 4 is 32.9 Å². The van der Waals surface area contributed by atoms with Gasteiger partial charge < -0.3 is 10.1 Å². The van der Waals surface area contributed by atoms with E-state index in [2.05, 4.69) is 59.9 Å². The maximum absolute atomic E-state index is 6.10. The molecular formula is C27H22N2OS. The predicted molar refractivity (Wildman–Crippen MR) is 130 cm³/mol. The van der Waals surface area contributed by atoms with Gasteiger partial charge in [0, 0.05) is 18.4 Å². The molecule has 4 heteroatoms. The Kier molecular flexibility index (Phi) is 5.48. The average Bonchev–Trinajstić information content (AvgIpc) is 3.24. The molecule has 0 aliphatic carbocycles. The second-order valence-electron chi connectivity index (χ2n) is 7.27. The summed E-state index contributed by atoms with van der Waals surface area (Å²) < 4.78 is 6.10. The quantitative estimate of drug-likeness (QED) is 0.309. The fourth-order valence-corrected chi connectivity index (χ4v) is 4.97. The van der Waals surface area contributed by atoms with Crippen LogP contribution in [0.4, 0.5) is 10.8 Å². The summed E-state index contributed by atoms with van der Waals surface area (Å²) in [5, 5.41) is 6.70. The Hall–Kier alpha value is -3.47. The number of ether oxygens (including phenoxy) is 1. The summed E-state index contributed by atoms with van der Waals surface area (Å²) >= 11 is 1.64. The maximum atomic E-state index is 6.10. The average molecular weight is 423 g/mol. The molecule has 5 rings (SSSR count). The van der Waals surface area contributed by atoms with Gasteiger partial charge in [-0.05, 0) is 28.5 Å². The van der Waals surface area contributed by atoms with Crippen molar-refractivity contribution in [3.05, 3.63) is 114 Å². The van der Waals surface area contributed by atoms with Crippen molar-refractivity contribution in [2.75, 3.05) is 12.4 Å². The number of hydrogen-bond acceptors (Lipinski definition) is 4. The summed E-state index contributed by atoms with van der Waals surface area (Å²) in [6.45, 7) is 0. The van der Waals surface area contributed by atoms with Crippen molar-refractivity contribution in [1.29, 1.82) is 0 Å². The predicted octanol–water partition coefficient (Wildman–Crippen LogP) is 7.44. The van der Waals surface area contributed by atoms with Crippen molar-refractivity contribution in [1.82, 2.24) is 4.98 Å². The summed E-state index contributed by atoms with van der Waals surface area (Å²) in [7, 11) is 1.77.